The number of pyridine rings is 1. The third-order valence-corrected chi connectivity index (χ3v) is 4.89. The summed E-state index contributed by atoms with van der Waals surface area (Å²) in [6, 6.07) is 3.58. The highest BCUT2D eigenvalue weighted by atomic mass is 35.5. The second kappa shape index (κ2) is 8.86. The van der Waals surface area contributed by atoms with Gasteiger partial charge in [-0.2, -0.15) is 5.10 Å². The van der Waals surface area contributed by atoms with Crippen molar-refractivity contribution in [2.45, 2.75) is 38.5 Å². The van der Waals surface area contributed by atoms with Crippen LogP contribution in [0.1, 0.15) is 38.2 Å². The number of carbonyl (C=O) groups excluding carboxylic acids is 1. The molecule has 1 saturated carbocycles. The number of nitrogens with zero attached hydrogens (tertiary/aromatic N) is 4. The quantitative estimate of drug-likeness (QED) is 0.492. The second-order valence-corrected chi connectivity index (χ2v) is 7.32. The molecule has 2 atom stereocenters. The van der Waals surface area contributed by atoms with Crippen LogP contribution in [0.5, 0.6) is 0 Å². The van der Waals surface area contributed by atoms with Crippen LogP contribution in [0.15, 0.2) is 35.9 Å². The molecule has 7 nitrogen and oxygen atoms in total. The molecule has 2 aromatic rings. The van der Waals surface area contributed by atoms with Crippen molar-refractivity contribution in [3.05, 3.63) is 41.4 Å². The molecule has 0 radical (unpaired) electrons. The Morgan fingerprint density at radius 3 is 2.93 bits per heavy atom. The van der Waals surface area contributed by atoms with Crippen LogP contribution in [0.4, 0.5) is 8.78 Å². The van der Waals surface area contributed by atoms with Gasteiger partial charge >= 0.3 is 0 Å². The van der Waals surface area contributed by atoms with Crippen molar-refractivity contribution in [3.63, 3.8) is 0 Å². The van der Waals surface area contributed by atoms with Crippen LogP contribution >= 0.6 is 11.6 Å². The van der Waals surface area contributed by atoms with E-state index in [-0.39, 0.29) is 30.5 Å². The van der Waals surface area contributed by atoms with Crippen LogP contribution in [0, 0.1) is 5.92 Å². The Labute approximate surface area is 172 Å². The summed E-state index contributed by atoms with van der Waals surface area (Å²) < 4.78 is 27.4. The molecule has 2 heterocycles. The summed E-state index contributed by atoms with van der Waals surface area (Å²) in [7, 11) is 0. The normalized spacial score (nSPS) is 18.9. The summed E-state index contributed by atoms with van der Waals surface area (Å²) >= 11 is 6.32. The minimum Gasteiger partial charge on any atom is -0.395 e. The summed E-state index contributed by atoms with van der Waals surface area (Å²) in [5.74, 6) is -4.32. The first kappa shape index (κ1) is 21.2. The molecular formula is C19H22ClF2N5O2. The van der Waals surface area contributed by atoms with E-state index in [4.69, 9.17) is 16.4 Å². The molecule has 1 N–H and O–H groups in total. The van der Waals surface area contributed by atoms with Crippen molar-refractivity contribution in [1.29, 1.82) is 0 Å². The predicted octanol–water partition coefficient (Wildman–Crippen LogP) is 3.58. The van der Waals surface area contributed by atoms with Gasteiger partial charge in [0.25, 0.3) is 5.92 Å². The second-order valence-electron chi connectivity index (χ2n) is 6.97. The maximum atomic E-state index is 12.9. The molecule has 2 aromatic heterocycles. The summed E-state index contributed by atoms with van der Waals surface area (Å²) in [5, 5.41) is 11.1. The van der Waals surface area contributed by atoms with Crippen molar-refractivity contribution in [2.24, 2.45) is 11.1 Å². The lowest BCUT2D eigenvalue weighted by Crippen LogP contribution is -2.30. The molecule has 1 aliphatic rings. The van der Waals surface area contributed by atoms with Gasteiger partial charge in [0.1, 0.15) is 6.61 Å². The van der Waals surface area contributed by atoms with E-state index in [1.807, 2.05) is 13.0 Å². The molecule has 0 aromatic carbocycles. The summed E-state index contributed by atoms with van der Waals surface area (Å²) in [6.45, 7) is 3.80. The number of carbonyl (C=O) groups is 1. The number of halogens is 3. The van der Waals surface area contributed by atoms with Crippen LogP contribution in [0.25, 0.3) is 5.69 Å². The zero-order valence-electron chi connectivity index (χ0n) is 16.1. The number of alkyl halides is 2. The maximum absolute atomic E-state index is 12.9. The van der Waals surface area contributed by atoms with E-state index in [9.17, 15) is 13.6 Å². The summed E-state index contributed by atoms with van der Waals surface area (Å²) in [5.41, 5.74) is 1.73. The van der Waals surface area contributed by atoms with Crippen LogP contribution in [0.3, 0.4) is 0 Å². The Hall–Kier alpha value is -2.55. The van der Waals surface area contributed by atoms with Gasteiger partial charge in [0.15, 0.2) is 5.15 Å². The summed E-state index contributed by atoms with van der Waals surface area (Å²) in [6.07, 6.45) is 4.99. The first-order valence-electron chi connectivity index (χ1n) is 9.28. The van der Waals surface area contributed by atoms with Gasteiger partial charge in [-0.15, -0.1) is 0 Å². The van der Waals surface area contributed by atoms with E-state index in [0.29, 0.717) is 23.5 Å². The lowest BCUT2D eigenvalue weighted by atomic mass is 9.95. The topological polar surface area (TPSA) is 81.4 Å². The van der Waals surface area contributed by atoms with Gasteiger partial charge in [-0.25, -0.2) is 13.5 Å². The Kier molecular flexibility index (Phi) is 6.46. The molecule has 2 unspecified atom stereocenters. The van der Waals surface area contributed by atoms with Crippen molar-refractivity contribution < 1.29 is 18.4 Å². The number of amides is 1. The summed E-state index contributed by atoms with van der Waals surface area (Å²) in [4.78, 5) is 21.7. The Balaban J connectivity index is 1.75. The first-order chi connectivity index (χ1) is 13.8. The van der Waals surface area contributed by atoms with Gasteiger partial charge < -0.3 is 10.2 Å². The molecule has 1 amide bonds. The van der Waals surface area contributed by atoms with Crippen molar-refractivity contribution in [3.8, 4) is 5.69 Å². The van der Waals surface area contributed by atoms with E-state index in [0.717, 1.165) is 0 Å². The Morgan fingerprint density at radius 1 is 1.55 bits per heavy atom. The van der Waals surface area contributed by atoms with Gasteiger partial charge in [-0.3, -0.25) is 9.78 Å². The molecule has 156 valence electrons. The highest BCUT2D eigenvalue weighted by molar-refractivity contribution is 6.30. The fraction of sp³-hybridized carbons (Fsp3) is 0.474. The molecule has 0 saturated heterocycles. The minimum absolute atomic E-state index is 0.143. The lowest BCUT2D eigenvalue weighted by Gasteiger charge is -2.15. The van der Waals surface area contributed by atoms with Gasteiger partial charge in [0.2, 0.25) is 5.91 Å². The largest absolute Gasteiger partial charge is 0.395 e. The molecule has 1 aliphatic carbocycles. The number of rotatable bonds is 9. The Bertz CT molecular complexity index is 888. The third-order valence-electron chi connectivity index (χ3n) is 4.60. The van der Waals surface area contributed by atoms with Gasteiger partial charge in [-0.05, 0) is 26.0 Å². The highest BCUT2D eigenvalue weighted by Crippen LogP contribution is 2.48. The molecule has 10 heteroatoms. The fourth-order valence-electron chi connectivity index (χ4n) is 2.88. The predicted molar refractivity (Wildman–Crippen MR) is 105 cm³/mol. The van der Waals surface area contributed by atoms with Gasteiger partial charge in [0.05, 0.1) is 29.4 Å². The number of hydrogen-bond acceptors (Lipinski definition) is 5. The van der Waals surface area contributed by atoms with E-state index in [1.54, 1.807) is 36.3 Å². The number of aromatic nitrogens is 3. The molecular weight excluding hydrogens is 404 g/mol. The van der Waals surface area contributed by atoms with E-state index >= 15 is 0 Å². The Morgan fingerprint density at radius 2 is 2.31 bits per heavy atom. The van der Waals surface area contributed by atoms with E-state index in [2.05, 4.69) is 20.6 Å². The first-order valence-corrected chi connectivity index (χ1v) is 9.66. The number of nitrogens with one attached hydrogen (secondary N) is 1. The van der Waals surface area contributed by atoms with Crippen LogP contribution < -0.4 is 5.32 Å². The van der Waals surface area contributed by atoms with Crippen LogP contribution in [0.2, 0.25) is 5.15 Å². The lowest BCUT2D eigenvalue weighted by molar-refractivity contribution is -0.122. The average Bonchev–Trinajstić information content (AvgIpc) is 3.11. The van der Waals surface area contributed by atoms with Crippen LogP contribution in [-0.4, -0.2) is 45.5 Å². The zero-order valence-corrected chi connectivity index (χ0v) is 16.9. The molecule has 1 fully saturated rings. The van der Waals surface area contributed by atoms with E-state index in [1.165, 1.54) is 0 Å². The smallest absolute Gasteiger partial charge is 0.255 e. The van der Waals surface area contributed by atoms with Gasteiger partial charge in [0, 0.05) is 37.3 Å². The van der Waals surface area contributed by atoms with Crippen molar-refractivity contribution in [2.75, 3.05) is 13.2 Å². The minimum atomic E-state index is -2.65. The number of oxime groups is 1. The van der Waals surface area contributed by atoms with Crippen molar-refractivity contribution in [1.82, 2.24) is 20.1 Å². The highest BCUT2D eigenvalue weighted by Gasteiger charge is 2.57. The molecule has 3 rings (SSSR count). The van der Waals surface area contributed by atoms with E-state index < -0.39 is 17.8 Å². The average molecular weight is 426 g/mol. The third kappa shape index (κ3) is 5.29. The SMILES string of the molecule is CCNC(=O)C(CC(C)=NOCC1CC1(F)F)c1cn(-c2cccnc2)nc1Cl. The monoisotopic (exact) mass is 425 g/mol. The maximum Gasteiger partial charge on any atom is 0.255 e. The standard InChI is InChI=1S/C19H22ClF2N5O2/c1-3-24-18(28)15(7-12(2)26-29-11-13-8-19(13,21)22)16-10-27(25-17(16)20)14-5-4-6-23-9-14/h4-6,9-10,13,15H,3,7-8,11H2,1-2H3,(H,24,28). The molecule has 0 spiro atoms. The zero-order chi connectivity index (χ0) is 21.0. The molecule has 0 aliphatic heterocycles. The molecule has 29 heavy (non-hydrogen) atoms. The van der Waals surface area contributed by atoms with Gasteiger partial charge in [-0.1, -0.05) is 16.8 Å². The fourth-order valence-corrected chi connectivity index (χ4v) is 3.15. The molecule has 0 bridgehead atoms. The van der Waals surface area contributed by atoms with Crippen molar-refractivity contribution >= 4 is 23.2 Å². The van der Waals surface area contributed by atoms with Crippen LogP contribution in [-0.2, 0) is 9.63 Å². The number of likely N-dealkylation sites (N-methyl/N-ethyl adjacent to an activating group) is 1. The number of hydrogen-bond donors (Lipinski definition) is 1.